The maximum absolute atomic E-state index is 10.8. The molecule has 1 N–H and O–H groups in total. The van der Waals surface area contributed by atoms with E-state index in [1.807, 2.05) is 11.6 Å². The van der Waals surface area contributed by atoms with Gasteiger partial charge in [-0.15, -0.1) is 0 Å². The molecule has 0 atom stereocenters. The summed E-state index contributed by atoms with van der Waals surface area (Å²) in [4.78, 5) is 0. The second-order valence-corrected chi connectivity index (χ2v) is 8.62. The lowest BCUT2D eigenvalue weighted by atomic mass is 9.79. The molecule has 23 heavy (non-hydrogen) atoms. The second-order valence-electron chi connectivity index (χ2n) is 8.62. The van der Waals surface area contributed by atoms with Gasteiger partial charge in [-0.1, -0.05) is 47.6 Å². The number of rotatable bonds is 2. The van der Waals surface area contributed by atoms with Crippen LogP contribution in [0.2, 0.25) is 0 Å². The van der Waals surface area contributed by atoms with E-state index >= 15 is 0 Å². The van der Waals surface area contributed by atoms with Crippen LogP contribution in [0.3, 0.4) is 0 Å². The van der Waals surface area contributed by atoms with Crippen molar-refractivity contribution in [2.75, 3.05) is 0 Å². The van der Waals surface area contributed by atoms with Crippen molar-refractivity contribution in [3.05, 3.63) is 46.3 Å². The number of aromatic nitrogens is 2. The lowest BCUT2D eigenvalue weighted by Gasteiger charge is -2.27. The fourth-order valence-corrected chi connectivity index (χ4v) is 2.82. The van der Waals surface area contributed by atoms with Crippen LogP contribution >= 0.6 is 0 Å². The zero-order valence-corrected chi connectivity index (χ0v) is 15.8. The largest absolute Gasteiger partial charge is 0.507 e. The Kier molecular flexibility index (Phi) is 4.36. The molecule has 3 nitrogen and oxygen atoms in total. The maximum Gasteiger partial charge on any atom is 0.124 e. The number of nitrogens with zero attached hydrogens (tertiary/aromatic N) is 2. The molecule has 0 aliphatic rings. The van der Waals surface area contributed by atoms with E-state index in [0.29, 0.717) is 12.3 Å². The smallest absolute Gasteiger partial charge is 0.124 e. The standard InChI is InChI=1S/C20H30N2O/c1-13-9-14(2)22(21-13)12-15-10-16(19(3,4)5)11-17(18(15)23)20(6,7)8/h9-11,23H,12H2,1-8H3. The predicted molar refractivity (Wildman–Crippen MR) is 96.3 cm³/mol. The topological polar surface area (TPSA) is 38.0 Å². The van der Waals surface area contributed by atoms with Crippen LogP contribution < -0.4 is 0 Å². The molecular formula is C20H30N2O. The fourth-order valence-electron chi connectivity index (χ4n) is 2.82. The van der Waals surface area contributed by atoms with Gasteiger partial charge in [0.15, 0.2) is 0 Å². The van der Waals surface area contributed by atoms with Gasteiger partial charge >= 0.3 is 0 Å². The number of hydrogen-bond donors (Lipinski definition) is 1. The van der Waals surface area contributed by atoms with Gasteiger partial charge in [0.1, 0.15) is 5.75 Å². The molecule has 3 heteroatoms. The first kappa shape index (κ1) is 17.6. The van der Waals surface area contributed by atoms with Crippen LogP contribution in [0, 0.1) is 13.8 Å². The van der Waals surface area contributed by atoms with Crippen molar-refractivity contribution in [3.63, 3.8) is 0 Å². The first-order valence-electron chi connectivity index (χ1n) is 8.27. The van der Waals surface area contributed by atoms with Crippen molar-refractivity contribution in [1.82, 2.24) is 9.78 Å². The SMILES string of the molecule is Cc1cc(C)n(Cc2cc(C(C)(C)C)cc(C(C)(C)C)c2O)n1. The summed E-state index contributed by atoms with van der Waals surface area (Å²) < 4.78 is 1.96. The molecule has 0 unspecified atom stereocenters. The molecule has 2 aromatic rings. The number of phenols is 1. The van der Waals surface area contributed by atoms with Gasteiger partial charge in [0.05, 0.1) is 12.2 Å². The Hall–Kier alpha value is -1.77. The Balaban J connectivity index is 2.60. The van der Waals surface area contributed by atoms with Crippen LogP contribution in [0.1, 0.15) is 69.6 Å². The molecular weight excluding hydrogens is 284 g/mol. The minimum absolute atomic E-state index is 0.0392. The van der Waals surface area contributed by atoms with Crippen molar-refractivity contribution in [3.8, 4) is 5.75 Å². The van der Waals surface area contributed by atoms with Crippen molar-refractivity contribution in [2.45, 2.75) is 72.8 Å². The summed E-state index contributed by atoms with van der Waals surface area (Å²) in [7, 11) is 0. The second kappa shape index (κ2) is 5.70. The van der Waals surface area contributed by atoms with Gasteiger partial charge in [-0.25, -0.2) is 0 Å². The number of phenolic OH excluding ortho intramolecular Hbond substituents is 1. The van der Waals surface area contributed by atoms with Crippen molar-refractivity contribution in [2.24, 2.45) is 0 Å². The van der Waals surface area contributed by atoms with Crippen molar-refractivity contribution >= 4 is 0 Å². The number of benzene rings is 1. The summed E-state index contributed by atoms with van der Waals surface area (Å²) in [5, 5.41) is 15.4. The summed E-state index contributed by atoms with van der Waals surface area (Å²) >= 11 is 0. The monoisotopic (exact) mass is 314 g/mol. The van der Waals surface area contributed by atoms with Crippen LogP contribution in [0.5, 0.6) is 5.75 Å². The normalized spacial score (nSPS) is 12.7. The van der Waals surface area contributed by atoms with Crippen molar-refractivity contribution < 1.29 is 5.11 Å². The molecule has 2 rings (SSSR count). The average Bonchev–Trinajstić information content (AvgIpc) is 2.67. The highest BCUT2D eigenvalue weighted by atomic mass is 16.3. The molecule has 0 aliphatic carbocycles. The van der Waals surface area contributed by atoms with Gasteiger partial charge in [0, 0.05) is 11.3 Å². The molecule has 0 radical (unpaired) electrons. The van der Waals surface area contributed by atoms with Gasteiger partial charge < -0.3 is 5.11 Å². The average molecular weight is 314 g/mol. The van der Waals surface area contributed by atoms with Crippen LogP contribution in [0.4, 0.5) is 0 Å². The predicted octanol–water partition coefficient (Wildman–Crippen LogP) is 4.85. The van der Waals surface area contributed by atoms with Crippen LogP contribution in [0.25, 0.3) is 0 Å². The van der Waals surface area contributed by atoms with Crippen molar-refractivity contribution in [1.29, 1.82) is 0 Å². The molecule has 0 aliphatic heterocycles. The maximum atomic E-state index is 10.8. The summed E-state index contributed by atoms with van der Waals surface area (Å²) in [5.74, 6) is 0.401. The summed E-state index contributed by atoms with van der Waals surface area (Å²) in [6.07, 6.45) is 0. The van der Waals surface area contributed by atoms with E-state index in [4.69, 9.17) is 0 Å². The zero-order valence-electron chi connectivity index (χ0n) is 15.8. The molecule has 126 valence electrons. The molecule has 1 aromatic carbocycles. The summed E-state index contributed by atoms with van der Waals surface area (Å²) in [5.41, 5.74) is 5.24. The Morgan fingerprint density at radius 1 is 0.957 bits per heavy atom. The highest BCUT2D eigenvalue weighted by molar-refractivity contribution is 5.48. The summed E-state index contributed by atoms with van der Waals surface area (Å²) in [6.45, 7) is 17.7. The van der Waals surface area contributed by atoms with Crippen LogP contribution in [0.15, 0.2) is 18.2 Å². The van der Waals surface area contributed by atoms with Gasteiger partial charge in [-0.05, 0) is 47.9 Å². The van der Waals surface area contributed by atoms with Gasteiger partial charge in [-0.2, -0.15) is 5.10 Å². The van der Waals surface area contributed by atoms with E-state index in [9.17, 15) is 5.11 Å². The highest BCUT2D eigenvalue weighted by Crippen LogP contribution is 2.38. The number of hydrogen-bond acceptors (Lipinski definition) is 2. The molecule has 1 aromatic heterocycles. The lowest BCUT2D eigenvalue weighted by Crippen LogP contribution is -2.18. The molecule has 0 bridgehead atoms. The molecule has 0 saturated heterocycles. The van der Waals surface area contributed by atoms with E-state index in [1.54, 1.807) is 0 Å². The molecule has 0 amide bonds. The Morgan fingerprint density at radius 3 is 2.00 bits per heavy atom. The van der Waals surface area contributed by atoms with Gasteiger partial charge in [0.25, 0.3) is 0 Å². The third-order valence-electron chi connectivity index (χ3n) is 4.29. The van der Waals surface area contributed by atoms with E-state index in [-0.39, 0.29) is 10.8 Å². The van der Waals surface area contributed by atoms with E-state index in [2.05, 4.69) is 71.8 Å². The van der Waals surface area contributed by atoms with Crippen LogP contribution in [-0.4, -0.2) is 14.9 Å². The number of aromatic hydroxyl groups is 1. The van der Waals surface area contributed by atoms with Gasteiger partial charge in [-0.3, -0.25) is 4.68 Å². The lowest BCUT2D eigenvalue weighted by molar-refractivity contribution is 0.434. The third kappa shape index (κ3) is 3.77. The zero-order chi connectivity index (χ0) is 17.6. The first-order chi connectivity index (χ1) is 10.4. The minimum Gasteiger partial charge on any atom is -0.507 e. The minimum atomic E-state index is -0.102. The molecule has 0 fully saturated rings. The number of aryl methyl sites for hydroxylation is 2. The Labute approximate surface area is 140 Å². The summed E-state index contributed by atoms with van der Waals surface area (Å²) in [6, 6.07) is 6.34. The molecule has 0 saturated carbocycles. The first-order valence-corrected chi connectivity index (χ1v) is 8.27. The Morgan fingerprint density at radius 2 is 1.57 bits per heavy atom. The van der Waals surface area contributed by atoms with Gasteiger partial charge in [0.2, 0.25) is 0 Å². The van der Waals surface area contributed by atoms with Crippen LogP contribution in [-0.2, 0) is 17.4 Å². The third-order valence-corrected chi connectivity index (χ3v) is 4.29. The molecule has 0 spiro atoms. The Bertz CT molecular complexity index is 712. The van der Waals surface area contributed by atoms with E-state index < -0.39 is 0 Å². The molecule has 1 heterocycles. The van der Waals surface area contributed by atoms with E-state index in [1.165, 1.54) is 5.56 Å². The fraction of sp³-hybridized carbons (Fsp3) is 0.550. The highest BCUT2D eigenvalue weighted by Gasteiger charge is 2.25. The van der Waals surface area contributed by atoms with E-state index in [0.717, 1.165) is 22.5 Å². The quantitative estimate of drug-likeness (QED) is 0.860.